The highest BCUT2D eigenvalue weighted by Crippen LogP contribution is 2.38. The van der Waals surface area contributed by atoms with E-state index in [9.17, 15) is 14.4 Å². The molecule has 0 bridgehead atoms. The topological polar surface area (TPSA) is 97.0 Å². The average molecular weight is 629 g/mol. The fourth-order valence-electron chi connectivity index (χ4n) is 3.56. The lowest BCUT2D eigenvalue weighted by Crippen LogP contribution is -2.38. The number of nitrogens with one attached hydrogen (secondary N) is 2. The van der Waals surface area contributed by atoms with Gasteiger partial charge in [-0.15, -0.1) is 0 Å². The molecule has 2 N–H and O–H groups in total. The zero-order chi connectivity index (χ0) is 26.5. The summed E-state index contributed by atoms with van der Waals surface area (Å²) in [6.07, 6.45) is 1.52. The molecule has 190 valence electrons. The monoisotopic (exact) mass is 627 g/mol. The summed E-state index contributed by atoms with van der Waals surface area (Å²) in [4.78, 5) is 38.6. The van der Waals surface area contributed by atoms with Crippen LogP contribution in [0.2, 0.25) is 0 Å². The number of urea groups is 1. The Hall–Kier alpha value is -3.63. The lowest BCUT2D eigenvalue weighted by atomic mass is 10.1. The number of aryl methyl sites for hydroxylation is 1. The number of anilines is 1. The first-order valence-corrected chi connectivity index (χ1v) is 12.8. The van der Waals surface area contributed by atoms with Crippen molar-refractivity contribution in [1.82, 2.24) is 10.2 Å². The Kier molecular flexibility index (Phi) is 8.30. The molecule has 0 atom stereocenters. The lowest BCUT2D eigenvalue weighted by Gasteiger charge is -2.14. The van der Waals surface area contributed by atoms with Crippen molar-refractivity contribution in [3.63, 3.8) is 0 Å². The predicted molar refractivity (Wildman–Crippen MR) is 147 cm³/mol. The molecule has 1 aliphatic rings. The number of ether oxygens (including phenoxy) is 2. The van der Waals surface area contributed by atoms with Crippen molar-refractivity contribution in [2.75, 3.05) is 19.0 Å². The van der Waals surface area contributed by atoms with E-state index in [0.29, 0.717) is 33.8 Å². The van der Waals surface area contributed by atoms with E-state index in [4.69, 9.17) is 9.47 Å². The molecule has 8 nitrogen and oxygen atoms in total. The molecule has 0 aliphatic carbocycles. The highest BCUT2D eigenvalue weighted by Gasteiger charge is 2.35. The van der Waals surface area contributed by atoms with Gasteiger partial charge >= 0.3 is 6.03 Å². The number of hydrogen-bond donors (Lipinski definition) is 2. The number of halogens is 2. The van der Waals surface area contributed by atoms with E-state index in [2.05, 4.69) is 42.5 Å². The first-order chi connectivity index (χ1) is 17.7. The number of carbonyl (C=O) groups excluding carboxylic acids is 3. The molecule has 0 saturated carbocycles. The number of benzene rings is 3. The van der Waals surface area contributed by atoms with Gasteiger partial charge in [-0.3, -0.25) is 9.59 Å². The third kappa shape index (κ3) is 6.58. The summed E-state index contributed by atoms with van der Waals surface area (Å²) in [7, 11) is 1.52. The van der Waals surface area contributed by atoms with Crippen LogP contribution in [0.4, 0.5) is 10.5 Å². The fourth-order valence-corrected chi connectivity index (χ4v) is 4.40. The summed E-state index contributed by atoms with van der Waals surface area (Å²) >= 11 is 6.92. The largest absolute Gasteiger partial charge is 0.493 e. The van der Waals surface area contributed by atoms with E-state index < -0.39 is 24.4 Å². The summed E-state index contributed by atoms with van der Waals surface area (Å²) < 4.78 is 13.1. The van der Waals surface area contributed by atoms with Gasteiger partial charge in [0, 0.05) is 10.2 Å². The third-order valence-corrected chi connectivity index (χ3v) is 6.58. The average Bonchev–Trinajstić information content (AvgIpc) is 3.12. The molecule has 10 heteroatoms. The summed E-state index contributed by atoms with van der Waals surface area (Å²) in [5.74, 6) is -0.131. The van der Waals surface area contributed by atoms with Gasteiger partial charge in [0.05, 0.1) is 11.6 Å². The summed E-state index contributed by atoms with van der Waals surface area (Å²) in [5.41, 5.74) is 3.25. The number of amides is 4. The predicted octanol–water partition coefficient (Wildman–Crippen LogP) is 5.64. The van der Waals surface area contributed by atoms with Crippen LogP contribution in [0.15, 0.2) is 75.3 Å². The number of imide groups is 1. The molecule has 3 aromatic carbocycles. The smallest absolute Gasteiger partial charge is 0.329 e. The van der Waals surface area contributed by atoms with E-state index >= 15 is 0 Å². The molecule has 1 heterocycles. The minimum absolute atomic E-state index is 0.0469. The standard InChI is InChI=1S/C27H23Br2N3O5/c1-16-3-9-20(10-4-16)30-24(33)14-32-26(34)22(31-27(32)35)12-18-11-21(29)25(23(13-18)36-2)37-15-17-5-7-19(28)8-6-17/h3-13H,14-15H2,1-2H3,(H,30,33)(H,31,35)/b22-12+. The normalized spacial score (nSPS) is 14.1. The Labute approximate surface area is 230 Å². The number of rotatable bonds is 8. The Morgan fingerprint density at radius 3 is 2.43 bits per heavy atom. The molecule has 4 amide bonds. The minimum atomic E-state index is -0.671. The fraction of sp³-hybridized carbons (Fsp3) is 0.148. The third-order valence-electron chi connectivity index (χ3n) is 5.46. The van der Waals surface area contributed by atoms with Crippen LogP contribution < -0.4 is 20.1 Å². The number of nitrogens with zero attached hydrogens (tertiary/aromatic N) is 1. The Bertz CT molecular complexity index is 1370. The van der Waals surface area contributed by atoms with E-state index in [0.717, 1.165) is 20.5 Å². The zero-order valence-corrected chi connectivity index (χ0v) is 23.2. The zero-order valence-electron chi connectivity index (χ0n) is 20.0. The molecule has 0 radical (unpaired) electrons. The van der Waals surface area contributed by atoms with E-state index in [1.807, 2.05) is 43.3 Å². The van der Waals surface area contributed by atoms with E-state index in [1.54, 1.807) is 24.3 Å². The molecule has 1 fully saturated rings. The lowest BCUT2D eigenvalue weighted by molar-refractivity contribution is -0.127. The van der Waals surface area contributed by atoms with Gasteiger partial charge in [-0.25, -0.2) is 9.69 Å². The molecule has 37 heavy (non-hydrogen) atoms. The highest BCUT2D eigenvalue weighted by molar-refractivity contribution is 9.10. The van der Waals surface area contributed by atoms with E-state index in [-0.39, 0.29) is 5.70 Å². The van der Waals surface area contributed by atoms with Crippen LogP contribution in [0.25, 0.3) is 6.08 Å². The van der Waals surface area contributed by atoms with Crippen LogP contribution >= 0.6 is 31.9 Å². The summed E-state index contributed by atoms with van der Waals surface area (Å²) in [5, 5.41) is 5.21. The van der Waals surface area contributed by atoms with Gasteiger partial charge in [-0.2, -0.15) is 0 Å². The SMILES string of the molecule is COc1cc(/C=C2/NC(=O)N(CC(=O)Nc3ccc(C)cc3)C2=O)cc(Br)c1OCc1ccc(Br)cc1. The van der Waals surface area contributed by atoms with Gasteiger partial charge in [0.2, 0.25) is 5.91 Å². The van der Waals surface area contributed by atoms with Gasteiger partial charge in [-0.05, 0) is 76.5 Å². The second-order valence-corrected chi connectivity index (χ2v) is 10.0. The molecule has 0 aromatic heterocycles. The van der Waals surface area contributed by atoms with Crippen LogP contribution in [-0.4, -0.2) is 36.4 Å². The van der Waals surface area contributed by atoms with E-state index in [1.165, 1.54) is 13.2 Å². The van der Waals surface area contributed by atoms with Crippen LogP contribution in [0.3, 0.4) is 0 Å². The van der Waals surface area contributed by atoms with Crippen molar-refractivity contribution in [3.05, 3.63) is 92.0 Å². The number of hydrogen-bond acceptors (Lipinski definition) is 5. The van der Waals surface area contributed by atoms with Crippen LogP contribution in [0, 0.1) is 6.92 Å². The molecule has 0 unspecified atom stereocenters. The maximum absolute atomic E-state index is 12.9. The van der Waals surface area contributed by atoms with Gasteiger partial charge in [-0.1, -0.05) is 45.8 Å². The van der Waals surface area contributed by atoms with Crippen molar-refractivity contribution in [1.29, 1.82) is 0 Å². The Morgan fingerprint density at radius 1 is 1.05 bits per heavy atom. The van der Waals surface area contributed by atoms with Crippen LogP contribution in [-0.2, 0) is 16.2 Å². The number of carbonyl (C=O) groups is 3. The first-order valence-electron chi connectivity index (χ1n) is 11.2. The molecule has 3 aromatic rings. The van der Waals surface area contributed by atoms with Crippen molar-refractivity contribution < 1.29 is 23.9 Å². The van der Waals surface area contributed by atoms with Gasteiger partial charge in [0.15, 0.2) is 11.5 Å². The Balaban J connectivity index is 1.46. The van der Waals surface area contributed by atoms with Crippen molar-refractivity contribution in [3.8, 4) is 11.5 Å². The summed E-state index contributed by atoms with van der Waals surface area (Å²) in [6.45, 7) is 1.86. The number of methoxy groups -OCH3 is 1. The van der Waals surface area contributed by atoms with Gasteiger partial charge in [0.25, 0.3) is 5.91 Å². The Morgan fingerprint density at radius 2 is 1.76 bits per heavy atom. The minimum Gasteiger partial charge on any atom is -0.493 e. The molecular weight excluding hydrogens is 606 g/mol. The molecule has 1 aliphatic heterocycles. The van der Waals surface area contributed by atoms with Crippen LogP contribution in [0.5, 0.6) is 11.5 Å². The van der Waals surface area contributed by atoms with Crippen molar-refractivity contribution in [2.24, 2.45) is 0 Å². The molecule has 1 saturated heterocycles. The quantitative estimate of drug-likeness (QED) is 0.249. The van der Waals surface area contributed by atoms with Crippen molar-refractivity contribution in [2.45, 2.75) is 13.5 Å². The van der Waals surface area contributed by atoms with Crippen molar-refractivity contribution >= 4 is 61.5 Å². The van der Waals surface area contributed by atoms with Crippen LogP contribution in [0.1, 0.15) is 16.7 Å². The molecule has 0 spiro atoms. The second-order valence-electron chi connectivity index (χ2n) is 8.24. The molecular formula is C27H23Br2N3O5. The van der Waals surface area contributed by atoms with Gasteiger partial charge in [0.1, 0.15) is 18.8 Å². The first kappa shape index (κ1) is 26.4. The highest BCUT2D eigenvalue weighted by atomic mass is 79.9. The molecule has 4 rings (SSSR count). The van der Waals surface area contributed by atoms with Gasteiger partial charge < -0.3 is 20.1 Å². The maximum atomic E-state index is 12.9. The summed E-state index contributed by atoms with van der Waals surface area (Å²) in [6, 6.07) is 17.8. The second kappa shape index (κ2) is 11.6. The maximum Gasteiger partial charge on any atom is 0.329 e.